The molecule has 0 spiro atoms. The highest BCUT2D eigenvalue weighted by molar-refractivity contribution is 5.98. The molecule has 21 heavy (non-hydrogen) atoms. The van der Waals surface area contributed by atoms with Gasteiger partial charge >= 0.3 is 0 Å². The predicted octanol–water partition coefficient (Wildman–Crippen LogP) is 3.20. The molecule has 0 radical (unpaired) electrons. The van der Waals surface area contributed by atoms with Gasteiger partial charge in [-0.05, 0) is 32.4 Å². The maximum absolute atomic E-state index is 12.4. The lowest BCUT2D eigenvalue weighted by Crippen LogP contribution is -2.43. The van der Waals surface area contributed by atoms with Crippen molar-refractivity contribution in [1.82, 2.24) is 9.88 Å². The highest BCUT2D eigenvalue weighted by Gasteiger charge is 2.25. The zero-order chi connectivity index (χ0) is 15.6. The first kappa shape index (κ1) is 15.0. The van der Waals surface area contributed by atoms with Crippen LogP contribution < -0.4 is 5.73 Å². The van der Waals surface area contributed by atoms with E-state index in [2.05, 4.69) is 4.98 Å². The number of carbonyl (C=O) groups is 1. The lowest BCUT2D eigenvalue weighted by Gasteiger charge is -2.32. The number of hydrogen-bond donors (Lipinski definition) is 1. The second-order valence-corrected chi connectivity index (χ2v) is 6.06. The minimum absolute atomic E-state index is 0.167. The Morgan fingerprint density at radius 2 is 1.76 bits per heavy atom. The fraction of sp³-hybridized carbons (Fsp3) is 0.294. The Kier molecular flexibility index (Phi) is 3.98. The summed E-state index contributed by atoms with van der Waals surface area (Å²) in [7, 11) is 1.76. The van der Waals surface area contributed by atoms with E-state index in [4.69, 9.17) is 5.73 Å². The minimum atomic E-state index is -0.274. The molecule has 4 nitrogen and oxygen atoms in total. The summed E-state index contributed by atoms with van der Waals surface area (Å²) in [6.45, 7) is 5.91. The topological polar surface area (TPSA) is 59.2 Å². The summed E-state index contributed by atoms with van der Waals surface area (Å²) >= 11 is 0. The van der Waals surface area contributed by atoms with Gasteiger partial charge in [-0.1, -0.05) is 30.3 Å². The Morgan fingerprint density at radius 1 is 1.14 bits per heavy atom. The van der Waals surface area contributed by atoms with Crippen LogP contribution in [-0.2, 0) is 0 Å². The molecule has 1 heterocycles. The van der Waals surface area contributed by atoms with Crippen LogP contribution >= 0.6 is 0 Å². The van der Waals surface area contributed by atoms with E-state index < -0.39 is 0 Å². The van der Waals surface area contributed by atoms with E-state index in [1.165, 1.54) is 0 Å². The van der Waals surface area contributed by atoms with Gasteiger partial charge in [0, 0.05) is 24.3 Å². The van der Waals surface area contributed by atoms with Gasteiger partial charge in [-0.15, -0.1) is 0 Å². The number of rotatable bonds is 2. The summed E-state index contributed by atoms with van der Waals surface area (Å²) in [5.74, 6) is -0.167. The summed E-state index contributed by atoms with van der Waals surface area (Å²) in [6, 6.07) is 11.6. The van der Waals surface area contributed by atoms with E-state index in [1.807, 2.05) is 51.1 Å². The van der Waals surface area contributed by atoms with Gasteiger partial charge in [0.15, 0.2) is 5.69 Å². The van der Waals surface area contributed by atoms with Gasteiger partial charge in [-0.25, -0.2) is 4.98 Å². The molecule has 110 valence electrons. The number of hydrogen-bond acceptors (Lipinski definition) is 3. The smallest absolute Gasteiger partial charge is 0.274 e. The van der Waals surface area contributed by atoms with Crippen LogP contribution in [0.2, 0.25) is 0 Å². The first-order chi connectivity index (χ1) is 9.80. The second-order valence-electron chi connectivity index (χ2n) is 6.06. The molecule has 0 atom stereocenters. The molecule has 4 heteroatoms. The average molecular weight is 283 g/mol. The number of pyridine rings is 1. The SMILES string of the molecule is CN(C(=O)c1ncc(-c2ccccc2)cc1N)C(C)(C)C. The molecule has 0 saturated carbocycles. The average Bonchev–Trinajstić information content (AvgIpc) is 2.45. The number of aromatic nitrogens is 1. The number of nitrogens with zero attached hydrogens (tertiary/aromatic N) is 2. The van der Waals surface area contributed by atoms with Gasteiger partial charge in [0.05, 0.1) is 5.69 Å². The lowest BCUT2D eigenvalue weighted by molar-refractivity contribution is 0.0651. The predicted molar refractivity (Wildman–Crippen MR) is 85.9 cm³/mol. The largest absolute Gasteiger partial charge is 0.397 e. The number of benzene rings is 1. The number of carbonyl (C=O) groups excluding carboxylic acids is 1. The molecule has 1 aromatic heterocycles. The van der Waals surface area contributed by atoms with Crippen LogP contribution in [0.4, 0.5) is 5.69 Å². The highest BCUT2D eigenvalue weighted by atomic mass is 16.2. The van der Waals surface area contributed by atoms with Crippen LogP contribution in [-0.4, -0.2) is 28.4 Å². The van der Waals surface area contributed by atoms with E-state index in [1.54, 1.807) is 24.2 Å². The third-order valence-electron chi connectivity index (χ3n) is 3.54. The Hall–Kier alpha value is -2.36. The van der Waals surface area contributed by atoms with E-state index in [0.717, 1.165) is 11.1 Å². The van der Waals surface area contributed by atoms with Crippen molar-refractivity contribution >= 4 is 11.6 Å². The monoisotopic (exact) mass is 283 g/mol. The van der Waals surface area contributed by atoms with Gasteiger partial charge in [0.2, 0.25) is 0 Å². The van der Waals surface area contributed by atoms with Crippen molar-refractivity contribution in [3.63, 3.8) is 0 Å². The molecule has 0 aliphatic carbocycles. The molecule has 1 aromatic carbocycles. The van der Waals surface area contributed by atoms with Gasteiger partial charge in [0.25, 0.3) is 5.91 Å². The van der Waals surface area contributed by atoms with Crippen LogP contribution in [0.3, 0.4) is 0 Å². The maximum atomic E-state index is 12.4. The van der Waals surface area contributed by atoms with Crippen molar-refractivity contribution < 1.29 is 4.79 Å². The first-order valence-corrected chi connectivity index (χ1v) is 6.90. The number of nitrogens with two attached hydrogens (primary N) is 1. The van der Waals surface area contributed by atoms with Gasteiger partial charge in [0.1, 0.15) is 0 Å². The van der Waals surface area contributed by atoms with Crippen LogP contribution in [0.15, 0.2) is 42.6 Å². The van der Waals surface area contributed by atoms with Crippen molar-refractivity contribution in [2.75, 3.05) is 12.8 Å². The molecule has 0 aliphatic rings. The molecule has 0 saturated heterocycles. The molecule has 2 N–H and O–H groups in total. The fourth-order valence-corrected chi connectivity index (χ4v) is 1.91. The zero-order valence-corrected chi connectivity index (χ0v) is 12.9. The Bertz CT molecular complexity index is 645. The number of amides is 1. The summed E-state index contributed by atoms with van der Waals surface area (Å²) in [5, 5.41) is 0. The fourth-order valence-electron chi connectivity index (χ4n) is 1.91. The Balaban J connectivity index is 2.35. The second kappa shape index (κ2) is 5.56. The lowest BCUT2D eigenvalue weighted by atomic mass is 10.0. The van der Waals surface area contributed by atoms with Crippen molar-refractivity contribution in [3.05, 3.63) is 48.3 Å². The van der Waals surface area contributed by atoms with E-state index in [9.17, 15) is 4.79 Å². The minimum Gasteiger partial charge on any atom is -0.397 e. The standard InChI is InChI=1S/C17H21N3O/c1-17(2,3)20(4)16(21)15-14(18)10-13(11-19-15)12-8-6-5-7-9-12/h5-11H,18H2,1-4H3. The molecular weight excluding hydrogens is 262 g/mol. The number of nitrogen functional groups attached to an aromatic ring is 1. The van der Waals surface area contributed by atoms with Crippen molar-refractivity contribution in [2.45, 2.75) is 26.3 Å². The number of anilines is 1. The van der Waals surface area contributed by atoms with E-state index in [0.29, 0.717) is 11.4 Å². The summed E-state index contributed by atoms with van der Waals surface area (Å²) in [5.41, 5.74) is 8.39. The molecule has 0 unspecified atom stereocenters. The molecule has 0 fully saturated rings. The third-order valence-corrected chi connectivity index (χ3v) is 3.54. The summed E-state index contributed by atoms with van der Waals surface area (Å²) < 4.78 is 0. The Labute approximate surface area is 125 Å². The quantitative estimate of drug-likeness (QED) is 0.920. The molecule has 0 bridgehead atoms. The van der Waals surface area contributed by atoms with E-state index >= 15 is 0 Å². The van der Waals surface area contributed by atoms with Crippen molar-refractivity contribution in [3.8, 4) is 11.1 Å². The van der Waals surface area contributed by atoms with Gasteiger partial charge in [-0.3, -0.25) is 4.79 Å². The summed E-state index contributed by atoms with van der Waals surface area (Å²) in [6.07, 6.45) is 1.69. The maximum Gasteiger partial charge on any atom is 0.274 e. The summed E-state index contributed by atoms with van der Waals surface area (Å²) in [4.78, 5) is 18.4. The van der Waals surface area contributed by atoms with Gasteiger partial charge in [-0.2, -0.15) is 0 Å². The normalized spacial score (nSPS) is 11.2. The van der Waals surface area contributed by atoms with E-state index in [-0.39, 0.29) is 11.4 Å². The third kappa shape index (κ3) is 3.21. The molecule has 2 aromatic rings. The molecular formula is C17H21N3O. The highest BCUT2D eigenvalue weighted by Crippen LogP contribution is 2.24. The van der Waals surface area contributed by atoms with Crippen LogP contribution in [0.5, 0.6) is 0 Å². The molecule has 2 rings (SSSR count). The van der Waals surface area contributed by atoms with Crippen LogP contribution in [0.25, 0.3) is 11.1 Å². The zero-order valence-electron chi connectivity index (χ0n) is 12.9. The van der Waals surface area contributed by atoms with Crippen LogP contribution in [0, 0.1) is 0 Å². The molecule has 0 aliphatic heterocycles. The van der Waals surface area contributed by atoms with Gasteiger partial charge < -0.3 is 10.6 Å². The Morgan fingerprint density at radius 3 is 2.29 bits per heavy atom. The van der Waals surface area contributed by atoms with Crippen molar-refractivity contribution in [2.24, 2.45) is 0 Å². The first-order valence-electron chi connectivity index (χ1n) is 6.90. The molecule has 1 amide bonds. The van der Waals surface area contributed by atoms with Crippen LogP contribution in [0.1, 0.15) is 31.3 Å². The van der Waals surface area contributed by atoms with Crippen molar-refractivity contribution in [1.29, 1.82) is 0 Å².